The Bertz CT molecular complexity index is 574. The number of fused-ring (bicyclic) bond motifs is 1. The number of ether oxygens (including phenoxy) is 1. The average molecular weight is 319 g/mol. The summed E-state index contributed by atoms with van der Waals surface area (Å²) in [7, 11) is 1.74. The lowest BCUT2D eigenvalue weighted by atomic mass is 9.81. The molecule has 100 valence electrons. The van der Waals surface area contributed by atoms with Gasteiger partial charge in [-0.25, -0.2) is 0 Å². The fraction of sp³-hybridized carbons (Fsp3) is 0.412. The summed E-state index contributed by atoms with van der Waals surface area (Å²) in [5, 5.41) is 2.52. The van der Waals surface area contributed by atoms with E-state index in [2.05, 4.69) is 52.3 Å². The molecule has 0 radical (unpaired) electrons. The van der Waals surface area contributed by atoms with Crippen LogP contribution < -0.4 is 4.74 Å². The first-order valence-corrected chi connectivity index (χ1v) is 7.91. The summed E-state index contributed by atoms with van der Waals surface area (Å²) in [5.41, 5.74) is 1.39. The van der Waals surface area contributed by atoms with E-state index in [0.29, 0.717) is 4.83 Å². The van der Waals surface area contributed by atoms with Crippen LogP contribution in [0.2, 0.25) is 0 Å². The molecule has 1 fully saturated rings. The van der Waals surface area contributed by atoms with Crippen molar-refractivity contribution in [2.24, 2.45) is 5.92 Å². The minimum atomic E-state index is 0.452. The summed E-state index contributed by atoms with van der Waals surface area (Å²) in [5.74, 6) is 1.87. The van der Waals surface area contributed by atoms with E-state index in [1.165, 1.54) is 42.0 Å². The molecule has 19 heavy (non-hydrogen) atoms. The number of rotatable bonds is 4. The molecule has 1 saturated carbocycles. The lowest BCUT2D eigenvalue weighted by Gasteiger charge is -2.28. The van der Waals surface area contributed by atoms with Crippen molar-refractivity contribution < 1.29 is 4.74 Å². The molecule has 1 nitrogen and oxygen atoms in total. The lowest BCUT2D eigenvalue weighted by molar-refractivity contribution is 0.296. The first-order chi connectivity index (χ1) is 9.29. The predicted molar refractivity (Wildman–Crippen MR) is 84.1 cm³/mol. The molecule has 0 saturated heterocycles. The quantitative estimate of drug-likeness (QED) is 0.679. The fourth-order valence-electron chi connectivity index (χ4n) is 2.89. The third-order valence-electron chi connectivity index (χ3n) is 4.24. The summed E-state index contributed by atoms with van der Waals surface area (Å²) in [6, 6.07) is 12.8. The second kappa shape index (κ2) is 5.54. The van der Waals surface area contributed by atoms with E-state index < -0.39 is 0 Å². The largest absolute Gasteiger partial charge is 0.496 e. The van der Waals surface area contributed by atoms with Gasteiger partial charge in [0.2, 0.25) is 0 Å². The highest BCUT2D eigenvalue weighted by atomic mass is 79.9. The second-order valence-corrected chi connectivity index (χ2v) is 6.51. The summed E-state index contributed by atoms with van der Waals surface area (Å²) in [4.78, 5) is 0.452. The van der Waals surface area contributed by atoms with Crippen molar-refractivity contribution in [2.75, 3.05) is 7.11 Å². The van der Waals surface area contributed by atoms with Crippen molar-refractivity contribution >= 4 is 26.7 Å². The van der Waals surface area contributed by atoms with Crippen molar-refractivity contribution in [3.63, 3.8) is 0 Å². The Labute approximate surface area is 123 Å². The van der Waals surface area contributed by atoms with Gasteiger partial charge in [0.25, 0.3) is 0 Å². The van der Waals surface area contributed by atoms with Crippen molar-refractivity contribution in [1.82, 2.24) is 0 Å². The molecule has 0 amide bonds. The van der Waals surface area contributed by atoms with Crippen LogP contribution >= 0.6 is 15.9 Å². The minimum absolute atomic E-state index is 0.452. The van der Waals surface area contributed by atoms with E-state index in [4.69, 9.17) is 4.74 Å². The lowest BCUT2D eigenvalue weighted by Crippen LogP contribution is -2.12. The molecule has 2 heteroatoms. The van der Waals surface area contributed by atoms with Crippen molar-refractivity contribution in [3.8, 4) is 5.75 Å². The van der Waals surface area contributed by atoms with Gasteiger partial charge in [-0.15, -0.1) is 0 Å². The van der Waals surface area contributed by atoms with E-state index in [1.807, 2.05) is 0 Å². The Morgan fingerprint density at radius 1 is 1.16 bits per heavy atom. The number of halogens is 1. The van der Waals surface area contributed by atoms with Crippen molar-refractivity contribution in [2.45, 2.75) is 30.5 Å². The standard InChI is InChI=1S/C17H19BrO/c1-19-17-10-9-14(13-7-2-3-8-15(13)17)16(18)11-12-5-4-6-12/h2-3,7-10,12,16H,4-6,11H2,1H3. The van der Waals surface area contributed by atoms with Gasteiger partial charge in [0.15, 0.2) is 0 Å². The molecular weight excluding hydrogens is 300 g/mol. The third-order valence-corrected chi connectivity index (χ3v) is 5.11. The Morgan fingerprint density at radius 3 is 2.53 bits per heavy atom. The normalized spacial score (nSPS) is 17.2. The van der Waals surface area contributed by atoms with Gasteiger partial charge in [-0.3, -0.25) is 0 Å². The maximum atomic E-state index is 5.46. The summed E-state index contributed by atoms with van der Waals surface area (Å²) >= 11 is 3.89. The molecule has 1 aliphatic carbocycles. The van der Waals surface area contributed by atoms with Gasteiger partial charge in [0.1, 0.15) is 5.75 Å². The summed E-state index contributed by atoms with van der Waals surface area (Å²) in [6.07, 6.45) is 5.45. The molecule has 3 rings (SSSR count). The minimum Gasteiger partial charge on any atom is -0.496 e. The Balaban J connectivity index is 1.98. The van der Waals surface area contributed by atoms with Crippen LogP contribution in [0.25, 0.3) is 10.8 Å². The molecule has 0 bridgehead atoms. The van der Waals surface area contributed by atoms with Crippen LogP contribution in [0.3, 0.4) is 0 Å². The van der Waals surface area contributed by atoms with Crippen molar-refractivity contribution in [1.29, 1.82) is 0 Å². The topological polar surface area (TPSA) is 9.23 Å². The summed E-state index contributed by atoms with van der Waals surface area (Å²) in [6.45, 7) is 0. The smallest absolute Gasteiger partial charge is 0.126 e. The van der Waals surface area contributed by atoms with E-state index in [9.17, 15) is 0 Å². The average Bonchev–Trinajstić information content (AvgIpc) is 2.41. The highest BCUT2D eigenvalue weighted by molar-refractivity contribution is 9.09. The van der Waals surface area contributed by atoms with Gasteiger partial charge in [-0.1, -0.05) is 65.5 Å². The second-order valence-electron chi connectivity index (χ2n) is 5.40. The van der Waals surface area contributed by atoms with Crippen LogP contribution in [0.4, 0.5) is 0 Å². The molecule has 2 aromatic carbocycles. The molecule has 0 aliphatic heterocycles. The number of hydrogen-bond acceptors (Lipinski definition) is 1. The number of alkyl halides is 1. The predicted octanol–water partition coefficient (Wildman–Crippen LogP) is 5.47. The molecule has 1 atom stereocenters. The fourth-order valence-corrected chi connectivity index (χ4v) is 3.82. The number of benzene rings is 2. The van der Waals surface area contributed by atoms with Crippen molar-refractivity contribution in [3.05, 3.63) is 42.0 Å². The Kier molecular flexibility index (Phi) is 3.79. The molecule has 2 aromatic rings. The molecule has 0 aromatic heterocycles. The van der Waals surface area contributed by atoms with E-state index >= 15 is 0 Å². The molecule has 1 unspecified atom stereocenters. The molecule has 1 aliphatic rings. The Hall–Kier alpha value is -1.02. The van der Waals surface area contributed by atoms with Gasteiger partial charge >= 0.3 is 0 Å². The maximum absolute atomic E-state index is 5.46. The molecule has 0 N–H and O–H groups in total. The Morgan fingerprint density at radius 2 is 1.89 bits per heavy atom. The van der Waals surface area contributed by atoms with Gasteiger partial charge in [0.05, 0.1) is 7.11 Å². The van der Waals surface area contributed by atoms with Crippen LogP contribution in [0, 0.1) is 5.92 Å². The van der Waals surface area contributed by atoms with Gasteiger partial charge < -0.3 is 4.74 Å². The van der Waals surface area contributed by atoms with Crippen LogP contribution in [0.5, 0.6) is 5.75 Å². The maximum Gasteiger partial charge on any atom is 0.126 e. The van der Waals surface area contributed by atoms with Crippen LogP contribution in [0.1, 0.15) is 36.1 Å². The zero-order valence-corrected chi connectivity index (χ0v) is 12.8. The zero-order valence-electron chi connectivity index (χ0n) is 11.2. The first-order valence-electron chi connectivity index (χ1n) is 6.99. The third kappa shape index (κ3) is 2.51. The SMILES string of the molecule is COc1ccc(C(Br)CC2CCC2)c2ccccc12. The monoisotopic (exact) mass is 318 g/mol. The first kappa shape index (κ1) is 13.0. The highest BCUT2D eigenvalue weighted by Crippen LogP contribution is 2.42. The van der Waals surface area contributed by atoms with Crippen LogP contribution in [-0.4, -0.2) is 7.11 Å². The van der Waals surface area contributed by atoms with Crippen LogP contribution in [0.15, 0.2) is 36.4 Å². The van der Waals surface area contributed by atoms with Gasteiger partial charge in [-0.2, -0.15) is 0 Å². The molecular formula is C17H19BrO. The highest BCUT2D eigenvalue weighted by Gasteiger charge is 2.22. The zero-order chi connectivity index (χ0) is 13.2. The molecule has 0 spiro atoms. The number of methoxy groups -OCH3 is 1. The number of hydrogen-bond donors (Lipinski definition) is 0. The van der Waals surface area contributed by atoms with E-state index in [-0.39, 0.29) is 0 Å². The van der Waals surface area contributed by atoms with Crippen LogP contribution in [-0.2, 0) is 0 Å². The summed E-state index contributed by atoms with van der Waals surface area (Å²) < 4.78 is 5.46. The van der Waals surface area contributed by atoms with E-state index in [1.54, 1.807) is 7.11 Å². The van der Waals surface area contributed by atoms with Gasteiger partial charge in [0, 0.05) is 10.2 Å². The molecule has 0 heterocycles. The van der Waals surface area contributed by atoms with Gasteiger partial charge in [-0.05, 0) is 29.4 Å². The van der Waals surface area contributed by atoms with E-state index in [0.717, 1.165) is 11.7 Å².